The number of pyridine rings is 1. The van der Waals surface area contributed by atoms with E-state index < -0.39 is 0 Å². The van der Waals surface area contributed by atoms with Crippen LogP contribution in [0.4, 0.5) is 17.2 Å². The van der Waals surface area contributed by atoms with Crippen molar-refractivity contribution in [1.29, 1.82) is 0 Å². The highest BCUT2D eigenvalue weighted by Crippen LogP contribution is 2.17. The third kappa shape index (κ3) is 1.02. The summed E-state index contributed by atoms with van der Waals surface area (Å²) in [6.45, 7) is 0. The molecule has 10 heavy (non-hydrogen) atoms. The van der Waals surface area contributed by atoms with Gasteiger partial charge in [0.1, 0.15) is 11.5 Å². The molecule has 1 rings (SSSR count). The second kappa shape index (κ2) is 2.30. The molecule has 0 bridgehead atoms. The van der Waals surface area contributed by atoms with Crippen LogP contribution >= 0.6 is 0 Å². The molecule has 5 heteroatoms. The first-order valence-electron chi connectivity index (χ1n) is 2.58. The molecule has 1 heterocycles. The lowest BCUT2D eigenvalue weighted by atomic mass is 10.4. The van der Waals surface area contributed by atoms with Crippen molar-refractivity contribution in [2.75, 3.05) is 11.5 Å². The van der Waals surface area contributed by atoms with Gasteiger partial charge >= 0.3 is 0 Å². The normalized spacial score (nSPS) is 9.20. The number of aromatic nitrogens is 1. The molecule has 0 atom stereocenters. The van der Waals surface area contributed by atoms with Crippen LogP contribution in [0, 0.1) is 4.91 Å². The van der Waals surface area contributed by atoms with Crippen LogP contribution in [0.1, 0.15) is 0 Å². The van der Waals surface area contributed by atoms with E-state index in [9.17, 15) is 4.91 Å². The van der Waals surface area contributed by atoms with E-state index in [2.05, 4.69) is 10.2 Å². The van der Waals surface area contributed by atoms with Crippen molar-refractivity contribution in [3.8, 4) is 0 Å². The molecule has 5 nitrogen and oxygen atoms in total. The third-order valence-corrected chi connectivity index (χ3v) is 1.04. The van der Waals surface area contributed by atoms with E-state index in [0.717, 1.165) is 0 Å². The Morgan fingerprint density at radius 1 is 1.50 bits per heavy atom. The molecule has 0 amide bonds. The van der Waals surface area contributed by atoms with Gasteiger partial charge in [-0.25, -0.2) is 4.98 Å². The molecule has 52 valence electrons. The maximum absolute atomic E-state index is 9.88. The largest absolute Gasteiger partial charge is 0.396 e. The Bertz CT molecular complexity index is 260. The average Bonchev–Trinajstić information content (AvgIpc) is 1.95. The Labute approximate surface area is 57.0 Å². The zero-order valence-electron chi connectivity index (χ0n) is 5.11. The highest BCUT2D eigenvalue weighted by atomic mass is 16.3. The molecule has 0 aromatic carbocycles. The lowest BCUT2D eigenvalue weighted by Crippen LogP contribution is -1.95. The SMILES string of the molecule is Nc1cc(N=O)cnc1N. The molecule has 4 N–H and O–H groups in total. The van der Waals surface area contributed by atoms with Crippen molar-refractivity contribution >= 4 is 17.2 Å². The summed E-state index contributed by atoms with van der Waals surface area (Å²) in [6.07, 6.45) is 1.26. The summed E-state index contributed by atoms with van der Waals surface area (Å²) < 4.78 is 0. The molecule has 1 aromatic heterocycles. The van der Waals surface area contributed by atoms with Gasteiger partial charge in [0, 0.05) is 0 Å². The quantitative estimate of drug-likeness (QED) is 0.557. The van der Waals surface area contributed by atoms with Crippen molar-refractivity contribution in [2.24, 2.45) is 5.18 Å². The van der Waals surface area contributed by atoms with Gasteiger partial charge in [0.25, 0.3) is 0 Å². The number of rotatable bonds is 1. The molecule has 0 radical (unpaired) electrons. The van der Waals surface area contributed by atoms with Crippen LogP contribution in [0.25, 0.3) is 0 Å². The molecular weight excluding hydrogens is 132 g/mol. The minimum atomic E-state index is 0.187. The number of hydrogen-bond donors (Lipinski definition) is 2. The fourth-order valence-electron chi connectivity index (χ4n) is 0.531. The summed E-state index contributed by atoms with van der Waals surface area (Å²) in [4.78, 5) is 13.5. The van der Waals surface area contributed by atoms with Gasteiger partial charge in [0.2, 0.25) is 0 Å². The predicted octanol–water partition coefficient (Wildman–Crippen LogP) is 0.644. The van der Waals surface area contributed by atoms with Gasteiger partial charge in [-0.1, -0.05) is 0 Å². The zero-order valence-corrected chi connectivity index (χ0v) is 5.11. The van der Waals surface area contributed by atoms with Gasteiger partial charge in [0.05, 0.1) is 11.9 Å². The highest BCUT2D eigenvalue weighted by molar-refractivity contribution is 5.62. The van der Waals surface area contributed by atoms with Gasteiger partial charge in [0.15, 0.2) is 0 Å². The Kier molecular flexibility index (Phi) is 1.49. The molecule has 0 aliphatic rings. The van der Waals surface area contributed by atoms with E-state index in [0.29, 0.717) is 0 Å². The maximum Gasteiger partial charge on any atom is 0.146 e. The topological polar surface area (TPSA) is 94.4 Å². The van der Waals surface area contributed by atoms with E-state index in [-0.39, 0.29) is 17.2 Å². The Morgan fingerprint density at radius 3 is 2.70 bits per heavy atom. The molecule has 1 aromatic rings. The number of anilines is 2. The fourth-order valence-corrected chi connectivity index (χ4v) is 0.531. The summed E-state index contributed by atoms with van der Waals surface area (Å²) in [5.74, 6) is 0.215. The van der Waals surface area contributed by atoms with Crippen molar-refractivity contribution in [1.82, 2.24) is 4.98 Å². The summed E-state index contributed by atoms with van der Waals surface area (Å²) >= 11 is 0. The summed E-state index contributed by atoms with van der Waals surface area (Å²) in [6, 6.07) is 1.37. The van der Waals surface area contributed by atoms with Gasteiger partial charge < -0.3 is 11.5 Å². The first-order chi connectivity index (χ1) is 4.74. The predicted molar refractivity (Wildman–Crippen MR) is 38.5 cm³/mol. The fraction of sp³-hybridized carbons (Fsp3) is 0. The Morgan fingerprint density at radius 2 is 2.20 bits per heavy atom. The van der Waals surface area contributed by atoms with Crippen LogP contribution < -0.4 is 11.5 Å². The van der Waals surface area contributed by atoms with E-state index in [1.807, 2.05) is 0 Å². The van der Waals surface area contributed by atoms with Gasteiger partial charge in [-0.15, -0.1) is 4.91 Å². The van der Waals surface area contributed by atoms with Crippen LogP contribution in [-0.2, 0) is 0 Å². The molecule has 0 saturated heterocycles. The van der Waals surface area contributed by atoms with Crippen molar-refractivity contribution in [3.05, 3.63) is 17.2 Å². The van der Waals surface area contributed by atoms with E-state index in [1.165, 1.54) is 12.3 Å². The van der Waals surface area contributed by atoms with Gasteiger partial charge in [-0.3, -0.25) is 0 Å². The summed E-state index contributed by atoms with van der Waals surface area (Å²) in [5, 5.41) is 2.62. The molecule has 0 aliphatic heterocycles. The Balaban J connectivity index is 3.16. The number of nitrogen functional groups attached to an aromatic ring is 2. The van der Waals surface area contributed by atoms with Crippen molar-refractivity contribution in [3.63, 3.8) is 0 Å². The number of nitrogens with two attached hydrogens (primary N) is 2. The number of nitrogens with zero attached hydrogens (tertiary/aromatic N) is 2. The molecule has 0 fully saturated rings. The molecule has 0 saturated carbocycles. The number of hydrogen-bond acceptors (Lipinski definition) is 5. The van der Waals surface area contributed by atoms with Crippen LogP contribution in [0.15, 0.2) is 17.4 Å². The van der Waals surface area contributed by atoms with Crippen molar-refractivity contribution in [2.45, 2.75) is 0 Å². The summed E-state index contributed by atoms with van der Waals surface area (Å²) in [7, 11) is 0. The second-order valence-electron chi connectivity index (χ2n) is 1.76. The minimum Gasteiger partial charge on any atom is -0.396 e. The highest BCUT2D eigenvalue weighted by Gasteiger charge is 1.96. The molecule has 0 aliphatic carbocycles. The van der Waals surface area contributed by atoms with E-state index in [1.54, 1.807) is 0 Å². The molecule has 0 unspecified atom stereocenters. The summed E-state index contributed by atoms with van der Waals surface area (Å²) in [5.41, 5.74) is 11.0. The van der Waals surface area contributed by atoms with Crippen LogP contribution in [-0.4, -0.2) is 4.98 Å². The van der Waals surface area contributed by atoms with Crippen molar-refractivity contribution < 1.29 is 0 Å². The second-order valence-corrected chi connectivity index (χ2v) is 1.76. The lowest BCUT2D eigenvalue weighted by molar-refractivity contribution is 1.31. The Hall–Kier alpha value is -1.65. The monoisotopic (exact) mass is 138 g/mol. The zero-order chi connectivity index (χ0) is 7.56. The van der Waals surface area contributed by atoms with Gasteiger partial charge in [-0.2, -0.15) is 0 Å². The smallest absolute Gasteiger partial charge is 0.146 e. The molecular formula is C5H6N4O. The first-order valence-corrected chi connectivity index (χ1v) is 2.58. The van der Waals surface area contributed by atoms with E-state index in [4.69, 9.17) is 11.5 Å². The minimum absolute atomic E-state index is 0.187. The first kappa shape index (κ1) is 6.47. The van der Waals surface area contributed by atoms with Crippen LogP contribution in [0.5, 0.6) is 0 Å². The van der Waals surface area contributed by atoms with Crippen LogP contribution in [0.3, 0.4) is 0 Å². The third-order valence-electron chi connectivity index (χ3n) is 1.04. The molecule has 0 spiro atoms. The lowest BCUT2D eigenvalue weighted by Gasteiger charge is -1.95. The van der Waals surface area contributed by atoms with Gasteiger partial charge in [-0.05, 0) is 11.2 Å². The average molecular weight is 138 g/mol. The maximum atomic E-state index is 9.88. The van der Waals surface area contributed by atoms with E-state index >= 15 is 0 Å². The van der Waals surface area contributed by atoms with Crippen LogP contribution in [0.2, 0.25) is 0 Å². The standard InChI is InChI=1S/C5H6N4O/c6-4-1-3(9-10)2-8-5(4)7/h1-2H,6H2,(H2,7,8). The number of nitroso groups, excluding NO2 is 1.